The molecule has 2 heterocycles. The highest BCUT2D eigenvalue weighted by Crippen LogP contribution is 2.36. The van der Waals surface area contributed by atoms with Gasteiger partial charge < -0.3 is 15.2 Å². The van der Waals surface area contributed by atoms with Crippen molar-refractivity contribution < 1.29 is 9.59 Å². The Hall–Kier alpha value is -2.28. The van der Waals surface area contributed by atoms with Crippen LogP contribution in [0.1, 0.15) is 13.3 Å². The third-order valence-electron chi connectivity index (χ3n) is 3.53. The lowest BCUT2D eigenvalue weighted by Crippen LogP contribution is -2.39. The van der Waals surface area contributed by atoms with E-state index in [9.17, 15) is 9.59 Å². The van der Waals surface area contributed by atoms with Crippen LogP contribution in [0.5, 0.6) is 0 Å². The van der Waals surface area contributed by atoms with E-state index in [0.29, 0.717) is 6.54 Å². The molecule has 2 N–H and O–H groups in total. The Morgan fingerprint density at radius 1 is 1.48 bits per heavy atom. The van der Waals surface area contributed by atoms with Gasteiger partial charge >= 0.3 is 0 Å². The van der Waals surface area contributed by atoms with Crippen molar-refractivity contribution in [2.45, 2.75) is 36.1 Å². The van der Waals surface area contributed by atoms with Gasteiger partial charge in [-0.25, -0.2) is 4.98 Å². The van der Waals surface area contributed by atoms with E-state index in [4.69, 9.17) is 0 Å². The lowest BCUT2D eigenvalue weighted by Gasteiger charge is -2.24. The molecule has 1 aliphatic rings. The van der Waals surface area contributed by atoms with E-state index in [-0.39, 0.29) is 24.3 Å². The topological polar surface area (TPSA) is 76.0 Å². The predicted octanol–water partition coefficient (Wildman–Crippen LogP) is 1.89. The van der Waals surface area contributed by atoms with Crippen LogP contribution in [0.15, 0.2) is 47.9 Å². The van der Waals surface area contributed by atoms with Crippen molar-refractivity contribution in [3.63, 3.8) is 0 Å². The summed E-state index contributed by atoms with van der Waals surface area (Å²) in [6, 6.07) is 7.59. The smallest absolute Gasteiger partial charge is 0.238 e. The summed E-state index contributed by atoms with van der Waals surface area (Å²) in [5.41, 5.74) is 0.813. The van der Waals surface area contributed by atoms with E-state index in [1.807, 2.05) is 42.0 Å². The minimum atomic E-state index is -0.398. The second kappa shape index (κ2) is 6.87. The van der Waals surface area contributed by atoms with E-state index in [0.717, 1.165) is 10.6 Å². The fourth-order valence-electron chi connectivity index (χ4n) is 2.49. The molecule has 0 bridgehead atoms. The van der Waals surface area contributed by atoms with Gasteiger partial charge in [0.1, 0.15) is 0 Å². The maximum atomic E-state index is 12.2. The predicted molar refractivity (Wildman–Crippen MR) is 89.2 cm³/mol. The zero-order chi connectivity index (χ0) is 16.2. The molecule has 2 atom stereocenters. The molecule has 2 amide bonds. The lowest BCUT2D eigenvalue weighted by atomic mass is 10.2. The molecule has 3 rings (SSSR count). The van der Waals surface area contributed by atoms with Crippen LogP contribution >= 0.6 is 11.8 Å². The summed E-state index contributed by atoms with van der Waals surface area (Å²) >= 11 is 1.44. The Bertz CT molecular complexity index is 702. The quantitative estimate of drug-likeness (QED) is 0.878. The van der Waals surface area contributed by atoms with Crippen LogP contribution in [0.3, 0.4) is 0 Å². The van der Waals surface area contributed by atoms with Crippen molar-refractivity contribution in [1.29, 1.82) is 0 Å². The number of aromatic nitrogens is 2. The van der Waals surface area contributed by atoms with Gasteiger partial charge in [-0.2, -0.15) is 0 Å². The second-order valence-electron chi connectivity index (χ2n) is 5.52. The zero-order valence-corrected chi connectivity index (χ0v) is 13.5. The van der Waals surface area contributed by atoms with Crippen molar-refractivity contribution in [2.24, 2.45) is 0 Å². The Morgan fingerprint density at radius 2 is 2.30 bits per heavy atom. The number of imidazole rings is 1. The van der Waals surface area contributed by atoms with Crippen LogP contribution < -0.4 is 10.6 Å². The van der Waals surface area contributed by atoms with Gasteiger partial charge in [-0.1, -0.05) is 12.1 Å². The van der Waals surface area contributed by atoms with Crippen molar-refractivity contribution in [1.82, 2.24) is 14.9 Å². The van der Waals surface area contributed by atoms with E-state index < -0.39 is 5.25 Å². The summed E-state index contributed by atoms with van der Waals surface area (Å²) in [6.07, 6.45) is 5.43. The van der Waals surface area contributed by atoms with Gasteiger partial charge in [-0.05, 0) is 19.1 Å². The van der Waals surface area contributed by atoms with Crippen LogP contribution in [0.2, 0.25) is 0 Å². The molecule has 120 valence electrons. The van der Waals surface area contributed by atoms with Gasteiger partial charge in [-0.3, -0.25) is 9.59 Å². The van der Waals surface area contributed by atoms with Gasteiger partial charge in [0, 0.05) is 36.3 Å². The highest BCUT2D eigenvalue weighted by Gasteiger charge is 2.29. The van der Waals surface area contributed by atoms with Gasteiger partial charge in [0.15, 0.2) is 0 Å². The van der Waals surface area contributed by atoms with Gasteiger partial charge in [0.25, 0.3) is 0 Å². The number of benzene rings is 1. The average molecular weight is 330 g/mol. The third-order valence-corrected chi connectivity index (χ3v) is 4.80. The van der Waals surface area contributed by atoms with E-state index >= 15 is 0 Å². The molecule has 1 aliphatic heterocycles. The van der Waals surface area contributed by atoms with Gasteiger partial charge in [-0.15, -0.1) is 11.8 Å². The van der Waals surface area contributed by atoms with Crippen molar-refractivity contribution in [3.8, 4) is 0 Å². The molecule has 7 heteroatoms. The van der Waals surface area contributed by atoms with E-state index in [2.05, 4.69) is 15.6 Å². The number of carbonyl (C=O) groups is 2. The second-order valence-corrected chi connectivity index (χ2v) is 6.77. The number of fused-ring (bicyclic) bond motifs is 1. The first-order valence-corrected chi connectivity index (χ1v) is 8.31. The molecule has 0 saturated heterocycles. The minimum Gasteiger partial charge on any atom is -0.352 e. The fraction of sp³-hybridized carbons (Fsp3) is 0.312. The van der Waals surface area contributed by atoms with Crippen LogP contribution in [-0.2, 0) is 16.1 Å². The van der Waals surface area contributed by atoms with E-state index in [1.165, 1.54) is 11.8 Å². The molecule has 0 fully saturated rings. The summed E-state index contributed by atoms with van der Waals surface area (Å²) in [4.78, 5) is 29.3. The Morgan fingerprint density at radius 3 is 3.09 bits per heavy atom. The van der Waals surface area contributed by atoms with Crippen LogP contribution in [0.25, 0.3) is 0 Å². The Labute approximate surface area is 138 Å². The molecular formula is C16H18N4O2S. The maximum Gasteiger partial charge on any atom is 0.238 e. The summed E-state index contributed by atoms with van der Waals surface area (Å²) in [7, 11) is 0. The summed E-state index contributed by atoms with van der Waals surface area (Å²) in [6.45, 7) is 2.58. The number of thioether (sulfide) groups is 1. The number of anilines is 1. The normalized spacial score (nSPS) is 18.0. The summed E-state index contributed by atoms with van der Waals surface area (Å²) < 4.78 is 1.91. The molecular weight excluding hydrogens is 312 g/mol. The molecule has 0 radical (unpaired) electrons. The van der Waals surface area contributed by atoms with Crippen LogP contribution in [0, 0.1) is 0 Å². The molecule has 2 aromatic rings. The average Bonchev–Trinajstić information content (AvgIpc) is 3.00. The van der Waals surface area contributed by atoms with Crippen molar-refractivity contribution in [3.05, 3.63) is 43.0 Å². The largest absolute Gasteiger partial charge is 0.352 e. The number of nitrogens with zero attached hydrogens (tertiary/aromatic N) is 2. The van der Waals surface area contributed by atoms with Gasteiger partial charge in [0.2, 0.25) is 11.8 Å². The maximum absolute atomic E-state index is 12.2. The standard InChI is InChI=1S/C16H18N4O2S/c1-11(9-20-7-6-17-10-20)18-15(21)8-14-16(22)19-12-4-2-3-5-13(12)23-14/h2-7,10-11,14H,8-9H2,1H3,(H,18,21)(H,19,22)/t11-,14-/m1/s1. The minimum absolute atomic E-state index is 0.0272. The molecule has 6 nitrogen and oxygen atoms in total. The zero-order valence-electron chi connectivity index (χ0n) is 12.7. The molecule has 1 aromatic heterocycles. The molecule has 23 heavy (non-hydrogen) atoms. The highest BCUT2D eigenvalue weighted by molar-refractivity contribution is 8.01. The van der Waals surface area contributed by atoms with Crippen molar-refractivity contribution >= 4 is 29.3 Å². The molecule has 1 aromatic carbocycles. The summed E-state index contributed by atoms with van der Waals surface area (Å²) in [5, 5.41) is 5.38. The number of rotatable bonds is 5. The number of hydrogen-bond acceptors (Lipinski definition) is 4. The third kappa shape index (κ3) is 3.92. The number of hydrogen-bond donors (Lipinski definition) is 2. The Kier molecular flexibility index (Phi) is 4.66. The number of para-hydroxylation sites is 1. The summed E-state index contributed by atoms with van der Waals surface area (Å²) in [5.74, 6) is -0.240. The van der Waals surface area contributed by atoms with E-state index in [1.54, 1.807) is 12.5 Å². The molecule has 0 unspecified atom stereocenters. The highest BCUT2D eigenvalue weighted by atomic mass is 32.2. The number of carbonyl (C=O) groups excluding carboxylic acids is 2. The first kappa shape index (κ1) is 15.6. The monoisotopic (exact) mass is 330 g/mol. The Balaban J connectivity index is 1.54. The van der Waals surface area contributed by atoms with Gasteiger partial charge in [0.05, 0.1) is 17.3 Å². The molecule has 0 aliphatic carbocycles. The lowest BCUT2D eigenvalue weighted by molar-refractivity contribution is -0.124. The first-order valence-electron chi connectivity index (χ1n) is 7.43. The molecule has 0 saturated carbocycles. The number of nitrogens with one attached hydrogen (secondary N) is 2. The SMILES string of the molecule is C[C@H](Cn1ccnc1)NC(=O)C[C@H]1Sc2ccccc2NC1=O. The van der Waals surface area contributed by atoms with Crippen molar-refractivity contribution in [2.75, 3.05) is 5.32 Å². The van der Waals surface area contributed by atoms with Crippen LogP contribution in [-0.4, -0.2) is 32.7 Å². The first-order chi connectivity index (χ1) is 11.1. The fourth-order valence-corrected chi connectivity index (χ4v) is 3.60. The molecule has 0 spiro atoms. The number of amides is 2. The van der Waals surface area contributed by atoms with Crippen LogP contribution in [0.4, 0.5) is 5.69 Å².